The molecule has 0 radical (unpaired) electrons. The van der Waals surface area contributed by atoms with E-state index >= 15 is 0 Å². The third-order valence-corrected chi connectivity index (χ3v) is 7.86. The van der Waals surface area contributed by atoms with Crippen LogP contribution in [-0.2, 0) is 27.9 Å². The van der Waals surface area contributed by atoms with E-state index in [0.29, 0.717) is 42.1 Å². The van der Waals surface area contributed by atoms with Gasteiger partial charge < -0.3 is 14.2 Å². The van der Waals surface area contributed by atoms with E-state index in [2.05, 4.69) is 32.0 Å². The van der Waals surface area contributed by atoms with Gasteiger partial charge in [0.1, 0.15) is 29.2 Å². The standard InChI is InChI=1S/C32H37FO4S/c1-5-36-32(34)18-25(15-22-9-10-22)24-7-6-8-27(17-24)37-20-23-11-13-28(31(16-23)38-21(2)3)29-19-26(35-4)12-14-30(29)33/h6-8,11-14,16-17,19,21-22,25H,5,9-10,15,18,20H2,1-4H3/p+1/t25-/m1/s1. The molecule has 0 spiro atoms. The van der Waals surface area contributed by atoms with Crippen molar-refractivity contribution in [2.45, 2.75) is 69.1 Å². The van der Waals surface area contributed by atoms with E-state index in [-0.39, 0.29) is 17.7 Å². The summed E-state index contributed by atoms with van der Waals surface area (Å²) in [6, 6.07) is 19.0. The number of halogens is 1. The zero-order valence-corrected chi connectivity index (χ0v) is 23.6. The van der Waals surface area contributed by atoms with Gasteiger partial charge in [-0.3, -0.25) is 4.79 Å². The van der Waals surface area contributed by atoms with Crippen molar-refractivity contribution in [3.8, 4) is 22.6 Å². The predicted octanol–water partition coefficient (Wildman–Crippen LogP) is 7.50. The molecule has 1 aliphatic carbocycles. The van der Waals surface area contributed by atoms with Crippen molar-refractivity contribution < 1.29 is 23.4 Å². The molecule has 0 amide bonds. The molecule has 1 saturated carbocycles. The van der Waals surface area contributed by atoms with Crippen molar-refractivity contribution in [1.29, 1.82) is 0 Å². The Kier molecular flexibility index (Phi) is 9.73. The number of carbonyl (C=O) groups excluding carboxylic acids is 1. The lowest BCUT2D eigenvalue weighted by Gasteiger charge is -2.18. The molecule has 0 N–H and O–H groups in total. The van der Waals surface area contributed by atoms with Crippen LogP contribution in [0.3, 0.4) is 0 Å². The van der Waals surface area contributed by atoms with Crippen LogP contribution in [0, 0.1) is 11.7 Å². The lowest BCUT2D eigenvalue weighted by atomic mass is 9.90. The van der Waals surface area contributed by atoms with Crippen molar-refractivity contribution in [2.24, 2.45) is 5.92 Å². The van der Waals surface area contributed by atoms with Gasteiger partial charge in [0.25, 0.3) is 0 Å². The van der Waals surface area contributed by atoms with Crippen LogP contribution in [0.25, 0.3) is 11.1 Å². The van der Waals surface area contributed by atoms with Gasteiger partial charge in [-0.2, -0.15) is 0 Å². The average Bonchev–Trinajstić information content (AvgIpc) is 3.72. The molecule has 0 aliphatic heterocycles. The van der Waals surface area contributed by atoms with Gasteiger partial charge >= 0.3 is 5.97 Å². The van der Waals surface area contributed by atoms with E-state index in [9.17, 15) is 9.18 Å². The SMILES string of the molecule is CCOC(=O)C[C@@H](CC1CC1)c1cccc(OCc2ccc(-c3cc(OC)ccc3F)c([SH+]C(C)C)c2)c1. The maximum atomic E-state index is 14.8. The number of carbonyl (C=O) groups is 1. The Labute approximate surface area is 229 Å². The first kappa shape index (κ1) is 28.0. The van der Waals surface area contributed by atoms with Crippen LogP contribution in [0.2, 0.25) is 0 Å². The second-order valence-electron chi connectivity index (χ2n) is 10.2. The second-order valence-corrected chi connectivity index (χ2v) is 11.9. The molecule has 1 fully saturated rings. The summed E-state index contributed by atoms with van der Waals surface area (Å²) in [7, 11) is 1.59. The van der Waals surface area contributed by atoms with Crippen LogP contribution < -0.4 is 9.47 Å². The Morgan fingerprint density at radius 3 is 2.55 bits per heavy atom. The van der Waals surface area contributed by atoms with Gasteiger partial charge in [-0.05, 0) is 86.6 Å². The molecule has 0 aromatic heterocycles. The van der Waals surface area contributed by atoms with Gasteiger partial charge in [0, 0.05) is 29.0 Å². The first-order valence-corrected chi connectivity index (χ1v) is 14.4. The van der Waals surface area contributed by atoms with Crippen LogP contribution >= 0.6 is 0 Å². The lowest BCUT2D eigenvalue weighted by molar-refractivity contribution is -0.143. The van der Waals surface area contributed by atoms with Gasteiger partial charge in [-0.25, -0.2) is 4.39 Å². The highest BCUT2D eigenvalue weighted by Crippen LogP contribution is 2.41. The molecule has 0 heterocycles. The zero-order valence-electron chi connectivity index (χ0n) is 22.7. The maximum Gasteiger partial charge on any atom is 0.306 e. The predicted molar refractivity (Wildman–Crippen MR) is 153 cm³/mol. The molecule has 1 aliphatic rings. The third kappa shape index (κ3) is 7.76. The van der Waals surface area contributed by atoms with Gasteiger partial charge in [0.05, 0.1) is 20.1 Å². The fourth-order valence-electron chi connectivity index (χ4n) is 4.66. The van der Waals surface area contributed by atoms with E-state index in [0.717, 1.165) is 45.5 Å². The van der Waals surface area contributed by atoms with E-state index < -0.39 is 0 Å². The smallest absolute Gasteiger partial charge is 0.306 e. The normalized spacial score (nSPS) is 13.8. The maximum absolute atomic E-state index is 14.8. The molecule has 6 heteroatoms. The molecule has 0 bridgehead atoms. The number of ether oxygens (including phenoxy) is 3. The quantitative estimate of drug-likeness (QED) is 0.129. The average molecular weight is 538 g/mol. The third-order valence-electron chi connectivity index (χ3n) is 6.69. The van der Waals surface area contributed by atoms with Crippen LogP contribution in [0.4, 0.5) is 4.39 Å². The molecule has 4 nitrogen and oxygen atoms in total. The Bertz CT molecular complexity index is 1240. The minimum atomic E-state index is -0.268. The highest BCUT2D eigenvalue weighted by molar-refractivity contribution is 7.79. The molecule has 4 rings (SSSR count). The summed E-state index contributed by atoms with van der Waals surface area (Å²) in [5.74, 6) is 1.83. The van der Waals surface area contributed by atoms with Crippen LogP contribution in [0.1, 0.15) is 63.5 Å². The summed E-state index contributed by atoms with van der Waals surface area (Å²) >= 11 is 1.12. The van der Waals surface area contributed by atoms with Gasteiger partial charge in [0.15, 0.2) is 4.90 Å². The summed E-state index contributed by atoms with van der Waals surface area (Å²) in [5.41, 5.74) is 3.54. The topological polar surface area (TPSA) is 44.8 Å². The highest BCUT2D eigenvalue weighted by Gasteiger charge is 2.28. The van der Waals surface area contributed by atoms with E-state index in [4.69, 9.17) is 14.2 Å². The molecule has 1 atom stereocenters. The zero-order chi connectivity index (χ0) is 27.1. The molecule has 3 aromatic carbocycles. The summed E-state index contributed by atoms with van der Waals surface area (Å²) in [5, 5.41) is 0.387. The fraction of sp³-hybridized carbons (Fsp3) is 0.406. The molecule has 0 unspecified atom stereocenters. The fourth-order valence-corrected chi connectivity index (χ4v) is 5.79. The van der Waals surface area contributed by atoms with E-state index in [1.165, 1.54) is 18.9 Å². The first-order valence-electron chi connectivity index (χ1n) is 13.4. The summed E-state index contributed by atoms with van der Waals surface area (Å²) in [6.07, 6.45) is 3.88. The summed E-state index contributed by atoms with van der Waals surface area (Å²) in [6.45, 7) is 6.94. The van der Waals surface area contributed by atoms with Crippen molar-refractivity contribution in [2.75, 3.05) is 13.7 Å². The largest absolute Gasteiger partial charge is 0.497 e. The Hall–Kier alpha value is -2.99. The molecule has 202 valence electrons. The summed E-state index contributed by atoms with van der Waals surface area (Å²) in [4.78, 5) is 13.3. The van der Waals surface area contributed by atoms with Crippen molar-refractivity contribution in [3.63, 3.8) is 0 Å². The number of thiol groups is 1. The second kappa shape index (κ2) is 13.2. The highest BCUT2D eigenvalue weighted by atomic mass is 32.2. The van der Waals surface area contributed by atoms with E-state index in [1.54, 1.807) is 19.2 Å². The molecular weight excluding hydrogens is 499 g/mol. The van der Waals surface area contributed by atoms with E-state index in [1.807, 2.05) is 31.2 Å². The number of esters is 1. The van der Waals surface area contributed by atoms with Gasteiger partial charge in [-0.1, -0.05) is 31.0 Å². The number of hydrogen-bond acceptors (Lipinski definition) is 4. The van der Waals surface area contributed by atoms with Crippen LogP contribution in [-0.4, -0.2) is 24.9 Å². The van der Waals surface area contributed by atoms with Crippen molar-refractivity contribution >= 4 is 17.7 Å². The number of rotatable bonds is 13. The van der Waals surface area contributed by atoms with Gasteiger partial charge in [0.2, 0.25) is 0 Å². The van der Waals surface area contributed by atoms with Crippen LogP contribution in [0.15, 0.2) is 65.6 Å². The van der Waals surface area contributed by atoms with Crippen molar-refractivity contribution in [1.82, 2.24) is 0 Å². The molecule has 38 heavy (non-hydrogen) atoms. The Balaban J connectivity index is 1.52. The van der Waals surface area contributed by atoms with Crippen molar-refractivity contribution in [3.05, 3.63) is 77.6 Å². The molecular formula is C32H38FO4S+. The molecule has 3 aromatic rings. The van der Waals surface area contributed by atoms with Gasteiger partial charge in [-0.15, -0.1) is 0 Å². The number of methoxy groups -OCH3 is 1. The lowest BCUT2D eigenvalue weighted by Crippen LogP contribution is -2.11. The summed E-state index contributed by atoms with van der Waals surface area (Å²) < 4.78 is 31.5. The Morgan fingerprint density at radius 2 is 1.84 bits per heavy atom. The number of benzene rings is 3. The minimum Gasteiger partial charge on any atom is -0.497 e. The van der Waals surface area contributed by atoms with Crippen LogP contribution in [0.5, 0.6) is 11.5 Å². The minimum absolute atomic E-state index is 0.138. The molecule has 0 saturated heterocycles. The monoisotopic (exact) mass is 537 g/mol. The number of hydrogen-bond donors (Lipinski definition) is 0. The Morgan fingerprint density at radius 1 is 1.03 bits per heavy atom. The first-order chi connectivity index (χ1) is 18.4.